The topological polar surface area (TPSA) is 120 Å². The average molecular weight is 493 g/mol. The molecule has 4 aromatic carbocycles. The van der Waals surface area contributed by atoms with E-state index in [2.05, 4.69) is 0 Å². The summed E-state index contributed by atoms with van der Waals surface area (Å²) in [6, 6.07) is 26.9. The summed E-state index contributed by atoms with van der Waals surface area (Å²) in [5, 5.41) is 21.3. The maximum Gasteiger partial charge on any atom is 0.359 e. The highest BCUT2D eigenvalue weighted by atomic mass is 16.6. The number of rotatable bonds is 7. The fraction of sp³-hybridized carbons (Fsp3) is 0.0345. The first-order valence-electron chi connectivity index (χ1n) is 11.3. The zero-order valence-electron chi connectivity index (χ0n) is 19.3. The molecule has 0 saturated heterocycles. The standard InChI is InChI=1S/C29H19NO7/c31-27-22-8-4-5-9-25(22)37-28(26(27)30(34)35)21-14-15-24(36-17-18-6-2-1-3-7-18)23(16-21)19-10-12-20(13-11-19)29(32)33/h1-16H,17H2,(H,32,33). The first kappa shape index (κ1) is 23.5. The Labute approximate surface area is 210 Å². The number of ether oxygens (including phenoxy) is 1. The molecule has 0 radical (unpaired) electrons. The molecular formula is C29H19NO7. The molecule has 8 nitrogen and oxygen atoms in total. The highest BCUT2D eigenvalue weighted by molar-refractivity contribution is 5.89. The summed E-state index contributed by atoms with van der Waals surface area (Å²) in [6.45, 7) is 0.269. The summed E-state index contributed by atoms with van der Waals surface area (Å²) in [7, 11) is 0. The van der Waals surface area contributed by atoms with Gasteiger partial charge in [-0.3, -0.25) is 14.9 Å². The molecule has 1 aromatic heterocycles. The van der Waals surface area contributed by atoms with Gasteiger partial charge in [0.15, 0.2) is 0 Å². The van der Waals surface area contributed by atoms with Crippen molar-refractivity contribution >= 4 is 22.6 Å². The van der Waals surface area contributed by atoms with E-state index in [1.807, 2.05) is 30.3 Å². The summed E-state index contributed by atoms with van der Waals surface area (Å²) in [6.07, 6.45) is 0. The smallest absolute Gasteiger partial charge is 0.359 e. The molecule has 8 heteroatoms. The molecule has 0 saturated carbocycles. The van der Waals surface area contributed by atoms with Gasteiger partial charge in [0, 0.05) is 11.1 Å². The quantitative estimate of drug-likeness (QED) is 0.208. The Balaban J connectivity index is 1.67. The molecule has 1 N–H and O–H groups in total. The summed E-state index contributed by atoms with van der Waals surface area (Å²) in [5.41, 5.74) is 1.36. The van der Waals surface area contributed by atoms with E-state index in [4.69, 9.17) is 9.15 Å². The normalized spacial score (nSPS) is 10.8. The van der Waals surface area contributed by atoms with Crippen molar-refractivity contribution in [2.75, 3.05) is 0 Å². The van der Waals surface area contributed by atoms with Gasteiger partial charge in [0.05, 0.1) is 15.9 Å². The predicted molar refractivity (Wildman–Crippen MR) is 138 cm³/mol. The van der Waals surface area contributed by atoms with Gasteiger partial charge < -0.3 is 14.3 Å². The van der Waals surface area contributed by atoms with E-state index in [0.29, 0.717) is 22.4 Å². The van der Waals surface area contributed by atoms with Crippen LogP contribution in [-0.4, -0.2) is 16.0 Å². The number of carboxylic acid groups (broad SMARTS) is 1. The molecule has 182 valence electrons. The summed E-state index contributed by atoms with van der Waals surface area (Å²) in [5.74, 6) is -0.761. The van der Waals surface area contributed by atoms with Gasteiger partial charge in [-0.1, -0.05) is 54.6 Å². The Kier molecular flexibility index (Phi) is 6.22. The average Bonchev–Trinajstić information content (AvgIpc) is 2.92. The number of nitro groups is 1. The zero-order chi connectivity index (χ0) is 25.9. The minimum atomic E-state index is -1.06. The lowest BCUT2D eigenvalue weighted by molar-refractivity contribution is -0.386. The van der Waals surface area contributed by atoms with Crippen LogP contribution in [0, 0.1) is 10.1 Å². The SMILES string of the molecule is O=C(O)c1ccc(-c2cc(-c3oc4ccccc4c(=O)c3[N+](=O)[O-])ccc2OCc2ccccc2)cc1. The van der Waals surface area contributed by atoms with Gasteiger partial charge in [-0.25, -0.2) is 4.79 Å². The second-order valence-corrected chi connectivity index (χ2v) is 8.23. The molecule has 37 heavy (non-hydrogen) atoms. The van der Waals surface area contributed by atoms with Gasteiger partial charge in [0.2, 0.25) is 5.76 Å². The molecule has 0 bridgehead atoms. The third kappa shape index (κ3) is 4.68. The van der Waals surface area contributed by atoms with Gasteiger partial charge in [-0.2, -0.15) is 0 Å². The molecule has 1 heterocycles. The molecular weight excluding hydrogens is 474 g/mol. The van der Waals surface area contributed by atoms with Gasteiger partial charge in [-0.15, -0.1) is 0 Å². The van der Waals surface area contributed by atoms with Crippen LogP contribution in [0.3, 0.4) is 0 Å². The van der Waals surface area contributed by atoms with E-state index in [9.17, 15) is 24.8 Å². The van der Waals surface area contributed by atoms with Crippen molar-refractivity contribution in [2.24, 2.45) is 0 Å². The van der Waals surface area contributed by atoms with E-state index in [1.54, 1.807) is 48.5 Å². The number of hydrogen-bond donors (Lipinski definition) is 1. The minimum absolute atomic E-state index is 0.114. The van der Waals surface area contributed by atoms with Crippen LogP contribution in [0.4, 0.5) is 5.69 Å². The van der Waals surface area contributed by atoms with E-state index in [-0.39, 0.29) is 28.9 Å². The van der Waals surface area contributed by atoms with E-state index < -0.39 is 22.0 Å². The molecule has 0 atom stereocenters. The Morgan fingerprint density at radius 3 is 2.27 bits per heavy atom. The van der Waals surface area contributed by atoms with Crippen LogP contribution in [0.25, 0.3) is 33.4 Å². The number of aromatic carboxylic acids is 1. The lowest BCUT2D eigenvalue weighted by Gasteiger charge is -2.14. The van der Waals surface area contributed by atoms with Crippen molar-refractivity contribution in [1.82, 2.24) is 0 Å². The Bertz CT molecular complexity index is 1690. The third-order valence-electron chi connectivity index (χ3n) is 5.88. The molecule has 5 rings (SSSR count). The number of para-hydroxylation sites is 1. The molecule has 0 aliphatic carbocycles. The second-order valence-electron chi connectivity index (χ2n) is 8.23. The van der Waals surface area contributed by atoms with Crippen molar-refractivity contribution in [2.45, 2.75) is 6.61 Å². The van der Waals surface area contributed by atoms with Crippen molar-refractivity contribution in [1.29, 1.82) is 0 Å². The van der Waals surface area contributed by atoms with Gasteiger partial charge in [-0.05, 0) is 53.6 Å². The highest BCUT2D eigenvalue weighted by Gasteiger charge is 2.26. The van der Waals surface area contributed by atoms with Crippen LogP contribution < -0.4 is 10.2 Å². The van der Waals surface area contributed by atoms with Crippen molar-refractivity contribution in [3.8, 4) is 28.2 Å². The van der Waals surface area contributed by atoms with E-state index >= 15 is 0 Å². The number of carboxylic acids is 1. The van der Waals surface area contributed by atoms with Crippen LogP contribution >= 0.6 is 0 Å². The van der Waals surface area contributed by atoms with E-state index in [1.165, 1.54) is 18.2 Å². The minimum Gasteiger partial charge on any atom is -0.488 e. The number of carbonyl (C=O) groups is 1. The van der Waals surface area contributed by atoms with Crippen molar-refractivity contribution in [3.05, 3.63) is 129 Å². The van der Waals surface area contributed by atoms with Crippen LogP contribution in [-0.2, 0) is 6.61 Å². The summed E-state index contributed by atoms with van der Waals surface area (Å²) >= 11 is 0. The second kappa shape index (κ2) is 9.79. The Morgan fingerprint density at radius 2 is 1.57 bits per heavy atom. The Morgan fingerprint density at radius 1 is 0.892 bits per heavy atom. The fourth-order valence-corrected chi connectivity index (χ4v) is 4.04. The van der Waals surface area contributed by atoms with Crippen LogP contribution in [0.2, 0.25) is 0 Å². The number of hydrogen-bond acceptors (Lipinski definition) is 6. The van der Waals surface area contributed by atoms with E-state index in [0.717, 1.165) is 5.56 Å². The van der Waals surface area contributed by atoms with Crippen LogP contribution in [0.15, 0.2) is 106 Å². The molecule has 0 aliphatic heterocycles. The first-order chi connectivity index (χ1) is 17.9. The monoisotopic (exact) mass is 493 g/mol. The fourth-order valence-electron chi connectivity index (χ4n) is 4.04. The zero-order valence-corrected chi connectivity index (χ0v) is 19.3. The third-order valence-corrected chi connectivity index (χ3v) is 5.88. The number of nitrogens with zero attached hydrogens (tertiary/aromatic N) is 1. The highest BCUT2D eigenvalue weighted by Crippen LogP contribution is 2.38. The van der Waals surface area contributed by atoms with Crippen molar-refractivity contribution in [3.63, 3.8) is 0 Å². The van der Waals surface area contributed by atoms with Gasteiger partial charge >= 0.3 is 11.7 Å². The van der Waals surface area contributed by atoms with Crippen LogP contribution in [0.1, 0.15) is 15.9 Å². The predicted octanol–water partition coefficient (Wildman–Crippen LogP) is 6.31. The van der Waals surface area contributed by atoms with Crippen LogP contribution in [0.5, 0.6) is 5.75 Å². The lowest BCUT2D eigenvalue weighted by Crippen LogP contribution is -2.10. The maximum absolute atomic E-state index is 13.0. The van der Waals surface area contributed by atoms with Gasteiger partial charge in [0.1, 0.15) is 17.9 Å². The molecule has 5 aromatic rings. The molecule has 0 amide bonds. The molecule has 0 unspecified atom stereocenters. The molecule has 0 spiro atoms. The largest absolute Gasteiger partial charge is 0.488 e. The number of benzene rings is 4. The summed E-state index contributed by atoms with van der Waals surface area (Å²) in [4.78, 5) is 35.5. The lowest BCUT2D eigenvalue weighted by atomic mass is 9.99. The number of fused-ring (bicyclic) bond motifs is 1. The molecule has 0 aliphatic rings. The van der Waals surface area contributed by atoms with Gasteiger partial charge in [0.25, 0.3) is 5.43 Å². The van der Waals surface area contributed by atoms with Crippen molar-refractivity contribution < 1.29 is 24.0 Å². The Hall–Kier alpha value is -5.24. The molecule has 0 fully saturated rings. The first-order valence-corrected chi connectivity index (χ1v) is 11.3. The maximum atomic E-state index is 13.0. The summed E-state index contributed by atoms with van der Waals surface area (Å²) < 4.78 is 11.9.